The fraction of sp³-hybridized carbons (Fsp3) is 0.370. The van der Waals surface area contributed by atoms with E-state index in [-0.39, 0.29) is 11.3 Å². The van der Waals surface area contributed by atoms with Crippen LogP contribution in [0.4, 0.5) is 0 Å². The van der Waals surface area contributed by atoms with E-state index in [4.69, 9.17) is 9.47 Å². The van der Waals surface area contributed by atoms with Gasteiger partial charge in [-0.15, -0.1) is 0 Å². The Morgan fingerprint density at radius 1 is 1.11 bits per heavy atom. The van der Waals surface area contributed by atoms with E-state index in [1.54, 1.807) is 35.6 Å². The number of ketones is 1. The van der Waals surface area contributed by atoms with Gasteiger partial charge in [-0.1, -0.05) is 24.3 Å². The SMILES string of the molecule is COc1ccccc1[C@@H]1/C(=C(\O)c2c(C)nc3ccccn23)C(=O)C(=O)N1CCCN1CCOCC1. The number of hydrogen-bond acceptors (Lipinski definition) is 7. The monoisotopic (exact) mass is 490 g/mol. The molecule has 1 atom stereocenters. The number of imidazole rings is 1. The molecule has 2 fully saturated rings. The van der Waals surface area contributed by atoms with Crippen LogP contribution in [0.2, 0.25) is 0 Å². The molecule has 0 unspecified atom stereocenters. The number of aliphatic hydroxyl groups excluding tert-OH is 1. The number of methoxy groups -OCH3 is 1. The second-order valence-electron chi connectivity index (χ2n) is 9.02. The lowest BCUT2D eigenvalue weighted by molar-refractivity contribution is -0.140. The van der Waals surface area contributed by atoms with Crippen molar-refractivity contribution in [2.24, 2.45) is 0 Å². The number of fused-ring (bicyclic) bond motifs is 1. The number of hydrogen-bond donors (Lipinski definition) is 1. The number of amides is 1. The predicted molar refractivity (Wildman–Crippen MR) is 134 cm³/mol. The zero-order valence-corrected chi connectivity index (χ0v) is 20.5. The summed E-state index contributed by atoms with van der Waals surface area (Å²) in [5.74, 6) is -1.03. The number of carbonyl (C=O) groups is 2. The molecule has 2 aliphatic heterocycles. The first-order chi connectivity index (χ1) is 17.5. The van der Waals surface area contributed by atoms with Crippen LogP contribution < -0.4 is 4.74 Å². The van der Waals surface area contributed by atoms with Crippen LogP contribution in [0, 0.1) is 6.92 Å². The van der Waals surface area contributed by atoms with Gasteiger partial charge in [0, 0.05) is 37.9 Å². The molecular weight excluding hydrogens is 460 g/mol. The van der Waals surface area contributed by atoms with Crippen molar-refractivity contribution in [1.29, 1.82) is 0 Å². The Labute approximate surface area is 209 Å². The number of rotatable bonds is 7. The molecule has 0 aliphatic carbocycles. The van der Waals surface area contributed by atoms with E-state index in [1.165, 1.54) is 0 Å². The van der Waals surface area contributed by atoms with Gasteiger partial charge in [0.1, 0.15) is 17.1 Å². The first kappa shape index (κ1) is 24.0. The van der Waals surface area contributed by atoms with Gasteiger partial charge >= 0.3 is 0 Å². The minimum Gasteiger partial charge on any atom is -0.505 e. The molecule has 188 valence electrons. The van der Waals surface area contributed by atoms with Crippen LogP contribution >= 0.6 is 0 Å². The highest BCUT2D eigenvalue weighted by Gasteiger charge is 2.47. The lowest BCUT2D eigenvalue weighted by Gasteiger charge is -2.29. The summed E-state index contributed by atoms with van der Waals surface area (Å²) in [6.45, 7) is 6.03. The zero-order valence-electron chi connectivity index (χ0n) is 20.5. The molecule has 9 nitrogen and oxygen atoms in total. The number of para-hydroxylation sites is 1. The molecule has 2 aliphatic rings. The van der Waals surface area contributed by atoms with Crippen LogP contribution in [0.15, 0.2) is 54.2 Å². The number of likely N-dealkylation sites (tertiary alicyclic amines) is 1. The van der Waals surface area contributed by atoms with Crippen LogP contribution in [-0.4, -0.2) is 82.5 Å². The second kappa shape index (κ2) is 10.1. The standard InChI is InChI=1S/C27H30N4O5/c1-18-23(30-12-6-5-10-21(30)28-18)25(32)22-24(19-8-3-4-9-20(19)35-2)31(27(34)26(22)33)13-7-11-29-14-16-36-17-15-29/h3-6,8-10,12,24,32H,7,11,13-17H2,1-2H3/b25-22+/t24-/m1/s1. The summed E-state index contributed by atoms with van der Waals surface area (Å²) in [6, 6.07) is 12.0. The topological polar surface area (TPSA) is 96.6 Å². The third-order valence-electron chi connectivity index (χ3n) is 6.88. The average molecular weight is 491 g/mol. The maximum Gasteiger partial charge on any atom is 0.295 e. The summed E-state index contributed by atoms with van der Waals surface area (Å²) >= 11 is 0. The Morgan fingerprint density at radius 2 is 1.86 bits per heavy atom. The van der Waals surface area contributed by atoms with E-state index in [9.17, 15) is 14.7 Å². The van der Waals surface area contributed by atoms with Crippen LogP contribution in [0.1, 0.15) is 29.4 Å². The number of Topliss-reactive ketones (excluding diaryl/α,β-unsaturated/α-hetero) is 1. The van der Waals surface area contributed by atoms with Gasteiger partial charge in [0.25, 0.3) is 11.7 Å². The summed E-state index contributed by atoms with van der Waals surface area (Å²) in [6.07, 6.45) is 2.47. The number of pyridine rings is 1. The largest absolute Gasteiger partial charge is 0.505 e. The molecular formula is C27H30N4O5. The summed E-state index contributed by atoms with van der Waals surface area (Å²) in [5, 5.41) is 11.6. The fourth-order valence-electron chi connectivity index (χ4n) is 5.14. The van der Waals surface area contributed by atoms with Gasteiger partial charge in [-0.3, -0.25) is 18.9 Å². The van der Waals surface area contributed by atoms with Crippen molar-refractivity contribution in [2.75, 3.05) is 46.5 Å². The maximum absolute atomic E-state index is 13.4. The number of nitrogens with zero attached hydrogens (tertiary/aromatic N) is 4. The van der Waals surface area contributed by atoms with Gasteiger partial charge in [-0.05, 0) is 31.5 Å². The lowest BCUT2D eigenvalue weighted by Crippen LogP contribution is -2.39. The van der Waals surface area contributed by atoms with Crippen LogP contribution in [0.25, 0.3) is 11.4 Å². The van der Waals surface area contributed by atoms with Crippen molar-refractivity contribution < 1.29 is 24.2 Å². The van der Waals surface area contributed by atoms with Crippen molar-refractivity contribution in [3.63, 3.8) is 0 Å². The molecule has 5 rings (SSSR count). The normalized spacial score (nSPS) is 20.4. The molecule has 9 heteroatoms. The number of aromatic nitrogens is 2. The number of aryl methyl sites for hydroxylation is 1. The van der Waals surface area contributed by atoms with Crippen LogP contribution in [0.3, 0.4) is 0 Å². The Bertz CT molecular complexity index is 1320. The van der Waals surface area contributed by atoms with Gasteiger partial charge in [0.05, 0.1) is 37.6 Å². The fourth-order valence-corrected chi connectivity index (χ4v) is 5.14. The molecule has 1 aromatic carbocycles. The van der Waals surface area contributed by atoms with E-state index in [0.717, 1.165) is 19.6 Å². The molecule has 36 heavy (non-hydrogen) atoms. The van der Waals surface area contributed by atoms with Crippen molar-refractivity contribution in [1.82, 2.24) is 19.2 Å². The van der Waals surface area contributed by atoms with Gasteiger partial charge in [-0.25, -0.2) is 4.98 Å². The lowest BCUT2D eigenvalue weighted by atomic mass is 9.95. The molecule has 0 spiro atoms. The van der Waals surface area contributed by atoms with E-state index in [0.29, 0.717) is 54.5 Å². The number of benzene rings is 1. The number of morpholine rings is 1. The van der Waals surface area contributed by atoms with Crippen molar-refractivity contribution in [3.8, 4) is 5.75 Å². The minimum absolute atomic E-state index is 0.0459. The maximum atomic E-state index is 13.4. The average Bonchev–Trinajstić information content (AvgIpc) is 3.37. The molecule has 1 amide bonds. The van der Waals surface area contributed by atoms with Crippen LogP contribution in [0.5, 0.6) is 5.75 Å². The number of aliphatic hydroxyl groups is 1. The summed E-state index contributed by atoms with van der Waals surface area (Å²) in [5.41, 5.74) is 2.31. The third kappa shape index (κ3) is 4.25. The second-order valence-corrected chi connectivity index (χ2v) is 9.02. The summed E-state index contributed by atoms with van der Waals surface area (Å²) in [4.78, 5) is 35.2. The van der Waals surface area contributed by atoms with Gasteiger partial charge in [-0.2, -0.15) is 0 Å². The Kier molecular flexibility index (Phi) is 6.75. The Hall–Kier alpha value is -3.69. The Morgan fingerprint density at radius 3 is 2.64 bits per heavy atom. The quantitative estimate of drug-likeness (QED) is 0.309. The van der Waals surface area contributed by atoms with Gasteiger partial charge < -0.3 is 19.5 Å². The van der Waals surface area contributed by atoms with E-state index in [1.807, 2.05) is 36.4 Å². The number of carbonyl (C=O) groups excluding carboxylic acids is 2. The van der Waals surface area contributed by atoms with Gasteiger partial charge in [0.2, 0.25) is 0 Å². The highest BCUT2D eigenvalue weighted by atomic mass is 16.5. The molecule has 1 N–H and O–H groups in total. The third-order valence-corrected chi connectivity index (χ3v) is 6.88. The van der Waals surface area contributed by atoms with Crippen molar-refractivity contribution >= 4 is 23.1 Å². The molecule has 0 bridgehead atoms. The van der Waals surface area contributed by atoms with Crippen LogP contribution in [-0.2, 0) is 14.3 Å². The van der Waals surface area contributed by atoms with E-state index >= 15 is 0 Å². The first-order valence-corrected chi connectivity index (χ1v) is 12.2. The number of ether oxygens (including phenoxy) is 2. The van der Waals surface area contributed by atoms with Gasteiger partial charge in [0.15, 0.2) is 5.76 Å². The van der Waals surface area contributed by atoms with E-state index < -0.39 is 17.7 Å². The molecule has 3 aromatic rings. The minimum atomic E-state index is -0.778. The highest BCUT2D eigenvalue weighted by Crippen LogP contribution is 2.43. The molecule has 2 aromatic heterocycles. The summed E-state index contributed by atoms with van der Waals surface area (Å²) < 4.78 is 12.7. The molecule has 4 heterocycles. The Balaban J connectivity index is 1.58. The predicted octanol–water partition coefficient (Wildman–Crippen LogP) is 2.80. The molecule has 0 radical (unpaired) electrons. The zero-order chi connectivity index (χ0) is 25.2. The molecule has 0 saturated carbocycles. The van der Waals surface area contributed by atoms with Crippen molar-refractivity contribution in [3.05, 3.63) is 71.2 Å². The summed E-state index contributed by atoms with van der Waals surface area (Å²) in [7, 11) is 1.55. The van der Waals surface area contributed by atoms with E-state index in [2.05, 4.69) is 9.88 Å². The highest BCUT2D eigenvalue weighted by molar-refractivity contribution is 6.46. The van der Waals surface area contributed by atoms with Crippen molar-refractivity contribution in [2.45, 2.75) is 19.4 Å². The smallest absolute Gasteiger partial charge is 0.295 e. The first-order valence-electron chi connectivity index (χ1n) is 12.2. The molecule has 2 saturated heterocycles.